The summed E-state index contributed by atoms with van der Waals surface area (Å²) in [5.74, 6) is 1.95. The predicted octanol–water partition coefficient (Wildman–Crippen LogP) is 4.09. The van der Waals surface area contributed by atoms with Crippen LogP contribution in [0.4, 0.5) is 5.82 Å². The van der Waals surface area contributed by atoms with E-state index in [0.717, 1.165) is 43.5 Å². The average Bonchev–Trinajstić information content (AvgIpc) is 2.93. The Balaban J connectivity index is 1.56. The number of nitrogens with zero attached hydrogens (tertiary/aromatic N) is 3. The highest BCUT2D eigenvalue weighted by atomic mass is 32.1. The molecule has 0 bridgehead atoms. The zero-order valence-corrected chi connectivity index (χ0v) is 17.3. The van der Waals surface area contributed by atoms with E-state index in [-0.39, 0.29) is 0 Å². The maximum atomic E-state index is 4.71. The van der Waals surface area contributed by atoms with Gasteiger partial charge in [0.25, 0.3) is 0 Å². The van der Waals surface area contributed by atoms with Crippen LogP contribution in [0.3, 0.4) is 0 Å². The summed E-state index contributed by atoms with van der Waals surface area (Å²) in [4.78, 5) is 14.5. The van der Waals surface area contributed by atoms with Gasteiger partial charge in [-0.05, 0) is 50.5 Å². The second kappa shape index (κ2) is 10.3. The van der Waals surface area contributed by atoms with Gasteiger partial charge in [0.2, 0.25) is 0 Å². The number of hydrogen-bond acceptors (Lipinski definition) is 4. The Kier molecular flexibility index (Phi) is 7.51. The fraction of sp³-hybridized carbons (Fsp3) is 0.524. The van der Waals surface area contributed by atoms with Gasteiger partial charge in [0.1, 0.15) is 5.82 Å². The van der Waals surface area contributed by atoms with E-state index in [1.165, 1.54) is 35.4 Å². The first-order chi connectivity index (χ1) is 13.2. The van der Waals surface area contributed by atoms with E-state index in [1.54, 1.807) is 0 Å². The molecule has 0 unspecified atom stereocenters. The Bertz CT molecular complexity index is 714. The molecule has 1 fully saturated rings. The highest BCUT2D eigenvalue weighted by Crippen LogP contribution is 2.18. The van der Waals surface area contributed by atoms with Crippen LogP contribution in [-0.2, 0) is 13.1 Å². The Labute approximate surface area is 166 Å². The van der Waals surface area contributed by atoms with Crippen LogP contribution in [0.5, 0.6) is 0 Å². The van der Waals surface area contributed by atoms with Crippen LogP contribution in [-0.4, -0.2) is 30.6 Å². The lowest BCUT2D eigenvalue weighted by molar-refractivity contribution is 0.726. The van der Waals surface area contributed by atoms with Gasteiger partial charge in [-0.3, -0.25) is 0 Å². The van der Waals surface area contributed by atoms with Crippen molar-refractivity contribution in [2.75, 3.05) is 24.5 Å². The van der Waals surface area contributed by atoms with Crippen molar-refractivity contribution in [3.05, 3.63) is 45.8 Å². The second-order valence-corrected chi connectivity index (χ2v) is 8.36. The fourth-order valence-electron chi connectivity index (χ4n) is 3.26. The molecule has 0 aromatic carbocycles. The maximum Gasteiger partial charge on any atom is 0.191 e. The normalized spacial score (nSPS) is 15.5. The van der Waals surface area contributed by atoms with Crippen molar-refractivity contribution in [1.29, 1.82) is 0 Å². The molecule has 3 rings (SSSR count). The molecule has 146 valence electrons. The minimum atomic E-state index is 0.631. The van der Waals surface area contributed by atoms with Crippen LogP contribution < -0.4 is 15.5 Å². The van der Waals surface area contributed by atoms with Gasteiger partial charge in [0.05, 0.1) is 13.1 Å². The number of hydrogen-bond donors (Lipinski definition) is 2. The molecular weight excluding hydrogens is 354 g/mol. The quantitative estimate of drug-likeness (QED) is 0.581. The first-order valence-electron chi connectivity index (χ1n) is 10.0. The molecule has 0 atom stereocenters. The van der Waals surface area contributed by atoms with E-state index in [9.17, 15) is 0 Å². The van der Waals surface area contributed by atoms with E-state index >= 15 is 0 Å². The number of rotatable bonds is 6. The van der Waals surface area contributed by atoms with E-state index in [2.05, 4.69) is 58.6 Å². The molecule has 1 aliphatic heterocycles. The lowest BCUT2D eigenvalue weighted by Gasteiger charge is -2.21. The molecule has 0 radical (unpaired) electrons. The number of guanidine groups is 1. The van der Waals surface area contributed by atoms with Gasteiger partial charge in [-0.1, -0.05) is 18.9 Å². The molecule has 3 heterocycles. The van der Waals surface area contributed by atoms with Crippen LogP contribution in [0.1, 0.15) is 47.9 Å². The zero-order valence-electron chi connectivity index (χ0n) is 16.5. The van der Waals surface area contributed by atoms with Crippen LogP contribution >= 0.6 is 11.3 Å². The minimum absolute atomic E-state index is 0.631. The van der Waals surface area contributed by atoms with Crippen molar-refractivity contribution in [2.24, 2.45) is 4.99 Å². The highest BCUT2D eigenvalue weighted by Gasteiger charge is 2.10. The first-order valence-corrected chi connectivity index (χ1v) is 10.8. The van der Waals surface area contributed by atoms with Gasteiger partial charge in [-0.15, -0.1) is 11.3 Å². The molecule has 0 aliphatic carbocycles. The number of anilines is 1. The Morgan fingerprint density at radius 2 is 1.93 bits per heavy atom. The average molecular weight is 386 g/mol. The lowest BCUT2D eigenvalue weighted by Crippen LogP contribution is -2.36. The summed E-state index contributed by atoms with van der Waals surface area (Å²) in [5.41, 5.74) is 1.14. The number of aliphatic imine (C=N–C) groups is 1. The molecule has 0 saturated carbocycles. The van der Waals surface area contributed by atoms with Gasteiger partial charge in [-0.2, -0.15) is 0 Å². The molecule has 2 aromatic rings. The smallest absolute Gasteiger partial charge is 0.191 e. The van der Waals surface area contributed by atoms with Gasteiger partial charge in [-0.25, -0.2) is 9.98 Å². The van der Waals surface area contributed by atoms with Crippen molar-refractivity contribution in [1.82, 2.24) is 15.6 Å². The number of nitrogens with one attached hydrogen (secondary N) is 2. The van der Waals surface area contributed by atoms with Crippen molar-refractivity contribution in [3.8, 4) is 0 Å². The van der Waals surface area contributed by atoms with Crippen LogP contribution in [0, 0.1) is 6.92 Å². The SMILES string of the molecule is CCNC(=NCc1ccc(N2CCCCCC2)nc1)NCc1ccc(C)s1. The number of thiophene rings is 1. The summed E-state index contributed by atoms with van der Waals surface area (Å²) in [7, 11) is 0. The Morgan fingerprint density at radius 1 is 1.11 bits per heavy atom. The number of pyridine rings is 1. The monoisotopic (exact) mass is 385 g/mol. The van der Waals surface area contributed by atoms with Crippen molar-refractivity contribution in [3.63, 3.8) is 0 Å². The molecule has 5 nitrogen and oxygen atoms in total. The fourth-order valence-corrected chi connectivity index (χ4v) is 4.09. The molecular formula is C21H31N5S. The summed E-state index contributed by atoms with van der Waals surface area (Å²) in [6.45, 7) is 8.76. The lowest BCUT2D eigenvalue weighted by atomic mass is 10.2. The summed E-state index contributed by atoms with van der Waals surface area (Å²) in [5, 5.41) is 6.73. The minimum Gasteiger partial charge on any atom is -0.357 e. The predicted molar refractivity (Wildman–Crippen MR) is 116 cm³/mol. The topological polar surface area (TPSA) is 52.6 Å². The first kappa shape index (κ1) is 19.7. The van der Waals surface area contributed by atoms with Crippen molar-refractivity contribution in [2.45, 2.75) is 52.6 Å². The van der Waals surface area contributed by atoms with E-state index in [0.29, 0.717) is 6.54 Å². The molecule has 2 aromatic heterocycles. The van der Waals surface area contributed by atoms with Crippen LogP contribution in [0.25, 0.3) is 0 Å². The third-order valence-electron chi connectivity index (χ3n) is 4.73. The summed E-state index contributed by atoms with van der Waals surface area (Å²) < 4.78 is 0. The standard InChI is InChI=1S/C21H31N5S/c1-3-22-21(25-16-19-10-8-17(2)27-19)24-15-18-9-11-20(23-14-18)26-12-6-4-5-7-13-26/h8-11,14H,3-7,12-13,15-16H2,1-2H3,(H2,22,24,25). The molecule has 1 saturated heterocycles. The maximum absolute atomic E-state index is 4.71. The Hall–Kier alpha value is -2.08. The Morgan fingerprint density at radius 3 is 2.56 bits per heavy atom. The van der Waals surface area contributed by atoms with E-state index in [1.807, 2.05) is 17.5 Å². The molecule has 0 spiro atoms. The van der Waals surface area contributed by atoms with Gasteiger partial charge in [0, 0.05) is 35.6 Å². The zero-order chi connectivity index (χ0) is 18.9. The molecule has 0 amide bonds. The van der Waals surface area contributed by atoms with Gasteiger partial charge < -0.3 is 15.5 Å². The van der Waals surface area contributed by atoms with Gasteiger partial charge >= 0.3 is 0 Å². The summed E-state index contributed by atoms with van der Waals surface area (Å²) in [6.07, 6.45) is 7.20. The van der Waals surface area contributed by atoms with Crippen LogP contribution in [0.2, 0.25) is 0 Å². The summed E-state index contributed by atoms with van der Waals surface area (Å²) in [6, 6.07) is 8.62. The van der Waals surface area contributed by atoms with Crippen LogP contribution in [0.15, 0.2) is 35.5 Å². The number of aryl methyl sites for hydroxylation is 1. The molecule has 6 heteroatoms. The molecule has 1 aliphatic rings. The molecule has 2 N–H and O–H groups in total. The highest BCUT2D eigenvalue weighted by molar-refractivity contribution is 7.11. The molecule has 27 heavy (non-hydrogen) atoms. The summed E-state index contributed by atoms with van der Waals surface area (Å²) >= 11 is 1.82. The third-order valence-corrected chi connectivity index (χ3v) is 5.73. The van der Waals surface area contributed by atoms with Crippen molar-refractivity contribution < 1.29 is 0 Å². The largest absolute Gasteiger partial charge is 0.357 e. The van der Waals surface area contributed by atoms with E-state index in [4.69, 9.17) is 4.99 Å². The number of aromatic nitrogens is 1. The van der Waals surface area contributed by atoms with Crippen molar-refractivity contribution >= 4 is 23.1 Å². The second-order valence-electron chi connectivity index (χ2n) is 6.99. The van der Waals surface area contributed by atoms with Gasteiger partial charge in [0.15, 0.2) is 5.96 Å². The van der Waals surface area contributed by atoms with E-state index < -0.39 is 0 Å². The third kappa shape index (κ3) is 6.24.